The molecule has 0 aliphatic carbocycles. The Morgan fingerprint density at radius 3 is 2.62 bits per heavy atom. The van der Waals surface area contributed by atoms with Gasteiger partial charge in [-0.2, -0.15) is 0 Å². The fourth-order valence-electron chi connectivity index (χ4n) is 3.22. The Bertz CT molecular complexity index is 1350. The Labute approximate surface area is 181 Å². The van der Waals surface area contributed by atoms with Gasteiger partial charge in [-0.15, -0.1) is 5.10 Å². The molecule has 0 unspecified atom stereocenters. The number of aromatic nitrogens is 3. The van der Waals surface area contributed by atoms with Crippen LogP contribution in [0.3, 0.4) is 0 Å². The molecule has 1 N–H and O–H groups in total. The van der Waals surface area contributed by atoms with Gasteiger partial charge in [0.25, 0.3) is 0 Å². The second-order valence-corrected chi connectivity index (χ2v) is 7.12. The summed E-state index contributed by atoms with van der Waals surface area (Å²) in [6, 6.07) is 13.1. The normalized spacial score (nSPS) is 10.9. The first-order chi connectivity index (χ1) is 15.4. The van der Waals surface area contributed by atoms with Crippen LogP contribution in [0.2, 0.25) is 0 Å². The number of carbonyl (C=O) groups is 2. The molecule has 0 radical (unpaired) electrons. The van der Waals surface area contributed by atoms with Crippen LogP contribution in [-0.4, -0.2) is 32.0 Å². The van der Waals surface area contributed by atoms with E-state index in [1.54, 1.807) is 42.1 Å². The number of nitrogens with zero attached hydrogens (tertiary/aromatic N) is 3. The monoisotopic (exact) mass is 433 g/mol. The summed E-state index contributed by atoms with van der Waals surface area (Å²) in [4.78, 5) is 34.4. The number of hydrogen-bond acceptors (Lipinski definition) is 7. The van der Waals surface area contributed by atoms with Crippen molar-refractivity contribution in [1.29, 1.82) is 0 Å². The third-order valence-corrected chi connectivity index (χ3v) is 4.89. The molecule has 2 heterocycles. The predicted octanol–water partition coefficient (Wildman–Crippen LogP) is 3.25. The summed E-state index contributed by atoms with van der Waals surface area (Å²) in [5.74, 6) is -1.33. The van der Waals surface area contributed by atoms with Crippen molar-refractivity contribution in [3.63, 3.8) is 0 Å². The maximum absolute atomic E-state index is 12.0. The average molecular weight is 433 g/mol. The first-order valence-corrected chi connectivity index (χ1v) is 9.88. The highest BCUT2D eigenvalue weighted by Gasteiger charge is 2.12. The number of hydrogen-bond donors (Lipinski definition) is 1. The minimum Gasteiger partial charge on any atom is -0.478 e. The average Bonchev–Trinajstić information content (AvgIpc) is 3.25. The summed E-state index contributed by atoms with van der Waals surface area (Å²) < 4.78 is 12.1. The fraction of sp³-hybridized carbons (Fsp3) is 0.174. The lowest BCUT2D eigenvalue weighted by molar-refractivity contribution is -0.144. The van der Waals surface area contributed by atoms with E-state index in [2.05, 4.69) is 10.3 Å². The Balaban J connectivity index is 1.57. The number of carbonyl (C=O) groups excluding carboxylic acids is 1. The van der Waals surface area contributed by atoms with E-state index in [1.165, 1.54) is 18.2 Å². The zero-order valence-corrected chi connectivity index (χ0v) is 17.1. The van der Waals surface area contributed by atoms with Gasteiger partial charge in [0.15, 0.2) is 0 Å². The molecule has 0 spiro atoms. The Hall–Kier alpha value is -4.27. The molecule has 4 aromatic rings. The number of esters is 1. The number of carboxylic acids is 1. The highest BCUT2D eigenvalue weighted by atomic mass is 16.5. The van der Waals surface area contributed by atoms with Gasteiger partial charge in [0.1, 0.15) is 17.9 Å². The van der Waals surface area contributed by atoms with Crippen LogP contribution in [0.15, 0.2) is 63.9 Å². The minimum atomic E-state index is -0.978. The molecule has 0 saturated heterocycles. The molecule has 0 aliphatic heterocycles. The molecule has 9 heteroatoms. The maximum Gasteiger partial charge on any atom is 0.336 e. The molecule has 32 heavy (non-hydrogen) atoms. The third kappa shape index (κ3) is 4.56. The van der Waals surface area contributed by atoms with Crippen LogP contribution < -0.4 is 5.63 Å². The molecule has 0 fully saturated rings. The van der Waals surface area contributed by atoms with Crippen molar-refractivity contribution < 1.29 is 23.8 Å². The quantitative estimate of drug-likeness (QED) is 0.348. The molecule has 0 atom stereocenters. The fourth-order valence-corrected chi connectivity index (χ4v) is 3.22. The number of aromatic carboxylic acids is 1. The summed E-state index contributed by atoms with van der Waals surface area (Å²) in [6.07, 6.45) is 2.00. The smallest absolute Gasteiger partial charge is 0.336 e. The predicted molar refractivity (Wildman–Crippen MR) is 114 cm³/mol. The molecule has 0 aliphatic rings. The van der Waals surface area contributed by atoms with Crippen molar-refractivity contribution in [2.24, 2.45) is 0 Å². The number of benzene rings is 2. The number of ether oxygens (including phenoxy) is 1. The van der Waals surface area contributed by atoms with Crippen LogP contribution in [0, 0.1) is 0 Å². The lowest BCUT2D eigenvalue weighted by Crippen LogP contribution is -2.06. The van der Waals surface area contributed by atoms with Crippen molar-refractivity contribution in [3.8, 4) is 11.3 Å². The van der Waals surface area contributed by atoms with Crippen LogP contribution in [0.25, 0.3) is 22.2 Å². The highest BCUT2D eigenvalue weighted by Crippen LogP contribution is 2.25. The molecule has 9 nitrogen and oxygen atoms in total. The summed E-state index contributed by atoms with van der Waals surface area (Å²) in [6.45, 7) is 2.11. The third-order valence-electron chi connectivity index (χ3n) is 4.89. The van der Waals surface area contributed by atoms with E-state index in [0.29, 0.717) is 34.3 Å². The van der Waals surface area contributed by atoms with Crippen LogP contribution in [-0.2, 0) is 22.7 Å². The summed E-state index contributed by atoms with van der Waals surface area (Å²) in [5.41, 5.74) is 2.77. The molecule has 0 bridgehead atoms. The van der Waals surface area contributed by atoms with Gasteiger partial charge in [0, 0.05) is 29.0 Å². The second kappa shape index (κ2) is 8.84. The molecule has 0 amide bonds. The summed E-state index contributed by atoms with van der Waals surface area (Å²) >= 11 is 0. The first kappa shape index (κ1) is 21.0. The Kier molecular flexibility index (Phi) is 5.80. The molecular formula is C23H19N3O6. The van der Waals surface area contributed by atoms with Crippen molar-refractivity contribution in [1.82, 2.24) is 15.0 Å². The van der Waals surface area contributed by atoms with Gasteiger partial charge in [-0.1, -0.05) is 36.4 Å². The van der Waals surface area contributed by atoms with E-state index in [9.17, 15) is 14.4 Å². The van der Waals surface area contributed by atoms with E-state index in [-0.39, 0.29) is 24.6 Å². The van der Waals surface area contributed by atoms with Gasteiger partial charge >= 0.3 is 17.6 Å². The highest BCUT2D eigenvalue weighted by molar-refractivity contribution is 5.87. The second-order valence-electron chi connectivity index (χ2n) is 7.12. The number of carboxylic acid groups (broad SMARTS) is 1. The van der Waals surface area contributed by atoms with Gasteiger partial charge in [-0.05, 0) is 23.8 Å². The summed E-state index contributed by atoms with van der Waals surface area (Å²) in [7, 11) is 0. The lowest BCUT2D eigenvalue weighted by Gasteiger charge is -2.07. The van der Waals surface area contributed by atoms with E-state index in [4.69, 9.17) is 14.3 Å². The van der Waals surface area contributed by atoms with E-state index in [0.717, 1.165) is 5.56 Å². The van der Waals surface area contributed by atoms with Gasteiger partial charge in [-0.3, -0.25) is 4.79 Å². The van der Waals surface area contributed by atoms with Gasteiger partial charge in [0.2, 0.25) is 0 Å². The first-order valence-electron chi connectivity index (χ1n) is 9.88. The van der Waals surface area contributed by atoms with Crippen molar-refractivity contribution in [2.75, 3.05) is 0 Å². The molecule has 2 aromatic heterocycles. The lowest BCUT2D eigenvalue weighted by atomic mass is 10.1. The molecular weight excluding hydrogens is 414 g/mol. The van der Waals surface area contributed by atoms with E-state index in [1.807, 2.05) is 6.07 Å². The molecule has 2 aromatic carbocycles. The SMILES string of the molecule is CCC(=O)OCc1cc(=O)oc2cc(-c3cn(Cc4ccc(C(=O)O)cc4)nn3)ccc12. The summed E-state index contributed by atoms with van der Waals surface area (Å²) in [5, 5.41) is 18.0. The Morgan fingerprint density at radius 2 is 1.91 bits per heavy atom. The maximum atomic E-state index is 12.0. The van der Waals surface area contributed by atoms with Crippen LogP contribution in [0.4, 0.5) is 0 Å². The van der Waals surface area contributed by atoms with E-state index < -0.39 is 11.6 Å². The minimum absolute atomic E-state index is 0.00896. The van der Waals surface area contributed by atoms with Gasteiger partial charge < -0.3 is 14.3 Å². The zero-order valence-electron chi connectivity index (χ0n) is 17.1. The Morgan fingerprint density at radius 1 is 1.12 bits per heavy atom. The van der Waals surface area contributed by atoms with Crippen molar-refractivity contribution in [2.45, 2.75) is 26.5 Å². The largest absolute Gasteiger partial charge is 0.478 e. The van der Waals surface area contributed by atoms with Crippen molar-refractivity contribution >= 4 is 22.9 Å². The topological polar surface area (TPSA) is 125 Å². The van der Waals surface area contributed by atoms with Crippen LogP contribution >= 0.6 is 0 Å². The zero-order chi connectivity index (χ0) is 22.7. The van der Waals surface area contributed by atoms with Crippen molar-refractivity contribution in [3.05, 3.63) is 81.8 Å². The van der Waals surface area contributed by atoms with Gasteiger partial charge in [-0.25, -0.2) is 14.3 Å². The van der Waals surface area contributed by atoms with Gasteiger partial charge in [0.05, 0.1) is 18.3 Å². The molecule has 0 saturated carbocycles. The van der Waals surface area contributed by atoms with E-state index >= 15 is 0 Å². The van der Waals surface area contributed by atoms with Crippen LogP contribution in [0.5, 0.6) is 0 Å². The molecule has 4 rings (SSSR count). The standard InChI is InChI=1S/C23H19N3O6/c1-2-21(27)31-13-17-10-22(28)32-20-9-16(7-8-18(17)20)19-12-26(25-24-19)11-14-3-5-15(6-4-14)23(29)30/h3-10,12H,2,11,13H2,1H3,(H,29,30). The molecule has 162 valence electrons. The number of fused-ring (bicyclic) bond motifs is 1. The van der Waals surface area contributed by atoms with Crippen LogP contribution in [0.1, 0.15) is 34.8 Å². The number of rotatable bonds is 7.